The summed E-state index contributed by atoms with van der Waals surface area (Å²) in [5.74, 6) is 1.44. The van der Waals surface area contributed by atoms with Gasteiger partial charge in [0.1, 0.15) is 5.82 Å². The maximum Gasteiger partial charge on any atom is 0.303 e. The quantitative estimate of drug-likeness (QED) is 0.848. The second kappa shape index (κ2) is 6.47. The van der Waals surface area contributed by atoms with Gasteiger partial charge in [0, 0.05) is 31.5 Å². The first-order valence-corrected chi connectivity index (χ1v) is 6.93. The van der Waals surface area contributed by atoms with E-state index in [4.69, 9.17) is 14.6 Å². The highest BCUT2D eigenvalue weighted by atomic mass is 16.5. The number of aryl methyl sites for hydroxylation is 2. The van der Waals surface area contributed by atoms with E-state index in [1.165, 1.54) is 0 Å². The average molecular weight is 292 g/mol. The monoisotopic (exact) mass is 292 g/mol. The lowest BCUT2D eigenvalue weighted by molar-refractivity contribution is -0.137. The molecule has 0 amide bonds. The topological polar surface area (TPSA) is 73.6 Å². The molecule has 0 aliphatic heterocycles. The lowest BCUT2D eigenvalue weighted by Crippen LogP contribution is -2.05. The first kappa shape index (κ1) is 15.2. The molecule has 6 heteroatoms. The molecule has 1 aromatic heterocycles. The molecule has 1 aromatic carbocycles. The minimum Gasteiger partial charge on any atom is -0.493 e. The number of methoxy groups -OCH3 is 2. The third-order valence-corrected chi connectivity index (χ3v) is 3.42. The summed E-state index contributed by atoms with van der Waals surface area (Å²) in [6.07, 6.45) is 1.50. The van der Waals surface area contributed by atoms with Crippen molar-refractivity contribution < 1.29 is 19.4 Å². The van der Waals surface area contributed by atoms with Crippen LogP contribution in [0.1, 0.15) is 25.6 Å². The molecule has 21 heavy (non-hydrogen) atoms. The third kappa shape index (κ3) is 3.09. The van der Waals surface area contributed by atoms with E-state index < -0.39 is 5.97 Å². The molecule has 1 heterocycles. The summed E-state index contributed by atoms with van der Waals surface area (Å²) in [7, 11) is 3.18. The predicted molar refractivity (Wildman–Crippen MR) is 79.1 cm³/mol. The van der Waals surface area contributed by atoms with Gasteiger partial charge < -0.3 is 19.1 Å². The molecule has 2 aromatic rings. The van der Waals surface area contributed by atoms with Gasteiger partial charge >= 0.3 is 5.97 Å². The number of carboxylic acids is 1. The number of aliphatic carboxylic acids is 1. The van der Waals surface area contributed by atoms with Crippen LogP contribution in [0.3, 0.4) is 0 Å². The standard InChI is InChI=1S/C15H20N2O4/c1-4-14-16-10-8-12(20-2)13(21-3)9-11(10)17(14)7-5-6-15(18)19/h8-9H,4-7H2,1-3H3,(H,18,19). The number of nitrogens with zero attached hydrogens (tertiary/aromatic N) is 2. The van der Waals surface area contributed by atoms with Crippen molar-refractivity contribution in [3.05, 3.63) is 18.0 Å². The van der Waals surface area contributed by atoms with Gasteiger partial charge in [0.05, 0.1) is 25.3 Å². The number of imidazole rings is 1. The van der Waals surface area contributed by atoms with Crippen molar-refractivity contribution in [2.45, 2.75) is 32.7 Å². The van der Waals surface area contributed by atoms with Crippen LogP contribution < -0.4 is 9.47 Å². The molecule has 6 nitrogen and oxygen atoms in total. The van der Waals surface area contributed by atoms with Crippen LogP contribution >= 0.6 is 0 Å². The molecule has 1 N–H and O–H groups in total. The largest absolute Gasteiger partial charge is 0.493 e. The molecule has 114 valence electrons. The van der Waals surface area contributed by atoms with E-state index in [0.717, 1.165) is 23.3 Å². The number of ether oxygens (including phenoxy) is 2. The summed E-state index contributed by atoms with van der Waals surface area (Å²) >= 11 is 0. The van der Waals surface area contributed by atoms with Crippen LogP contribution in [0.15, 0.2) is 12.1 Å². The Morgan fingerprint density at radius 3 is 2.52 bits per heavy atom. The van der Waals surface area contributed by atoms with E-state index >= 15 is 0 Å². The number of carbonyl (C=O) groups is 1. The van der Waals surface area contributed by atoms with E-state index in [0.29, 0.717) is 24.5 Å². The highest BCUT2D eigenvalue weighted by Crippen LogP contribution is 2.32. The van der Waals surface area contributed by atoms with Gasteiger partial charge in [-0.25, -0.2) is 4.98 Å². The second-order valence-electron chi connectivity index (χ2n) is 4.73. The van der Waals surface area contributed by atoms with Crippen LogP contribution in [0.4, 0.5) is 0 Å². The average Bonchev–Trinajstić information content (AvgIpc) is 2.82. The fourth-order valence-electron chi connectivity index (χ4n) is 2.41. The fraction of sp³-hybridized carbons (Fsp3) is 0.467. The normalized spacial score (nSPS) is 10.8. The SMILES string of the molecule is CCc1nc2cc(OC)c(OC)cc2n1CCCC(=O)O. The Balaban J connectivity index is 2.43. The number of rotatable bonds is 7. The Kier molecular flexibility index (Phi) is 4.67. The number of hydrogen-bond acceptors (Lipinski definition) is 4. The fourth-order valence-corrected chi connectivity index (χ4v) is 2.41. The number of fused-ring (bicyclic) bond motifs is 1. The minimum absolute atomic E-state index is 0.149. The zero-order valence-electron chi connectivity index (χ0n) is 12.5. The summed E-state index contributed by atoms with van der Waals surface area (Å²) < 4.78 is 12.7. The van der Waals surface area contributed by atoms with Gasteiger partial charge in [-0.2, -0.15) is 0 Å². The number of hydrogen-bond donors (Lipinski definition) is 1. The smallest absolute Gasteiger partial charge is 0.303 e. The molecule has 2 rings (SSSR count). The van der Waals surface area contributed by atoms with Crippen molar-refractivity contribution in [3.8, 4) is 11.5 Å². The first-order chi connectivity index (χ1) is 10.1. The van der Waals surface area contributed by atoms with Crippen molar-refractivity contribution in [1.29, 1.82) is 0 Å². The zero-order valence-corrected chi connectivity index (χ0v) is 12.5. The summed E-state index contributed by atoms with van der Waals surface area (Å²) in [4.78, 5) is 15.3. The maximum absolute atomic E-state index is 10.7. The molecule has 0 atom stereocenters. The second-order valence-corrected chi connectivity index (χ2v) is 4.73. The van der Waals surface area contributed by atoms with Crippen molar-refractivity contribution in [1.82, 2.24) is 9.55 Å². The summed E-state index contributed by atoms with van der Waals surface area (Å²) in [5.41, 5.74) is 1.77. The Labute approximate surface area is 123 Å². The summed E-state index contributed by atoms with van der Waals surface area (Å²) in [5, 5.41) is 8.77. The van der Waals surface area contributed by atoms with Crippen LogP contribution in [0.5, 0.6) is 11.5 Å². The third-order valence-electron chi connectivity index (χ3n) is 3.42. The number of benzene rings is 1. The predicted octanol–water partition coefficient (Wildman–Crippen LogP) is 2.48. The Morgan fingerprint density at radius 1 is 1.29 bits per heavy atom. The summed E-state index contributed by atoms with van der Waals surface area (Å²) in [6, 6.07) is 3.74. The van der Waals surface area contributed by atoms with E-state index in [9.17, 15) is 4.79 Å². The molecule has 0 aliphatic rings. The number of aromatic nitrogens is 2. The highest BCUT2D eigenvalue weighted by molar-refractivity contribution is 5.80. The zero-order chi connectivity index (χ0) is 15.4. The molecule has 0 radical (unpaired) electrons. The first-order valence-electron chi connectivity index (χ1n) is 6.93. The summed E-state index contributed by atoms with van der Waals surface area (Å²) in [6.45, 7) is 2.66. The van der Waals surface area contributed by atoms with Gasteiger partial charge in [-0.1, -0.05) is 6.92 Å². The van der Waals surface area contributed by atoms with Crippen molar-refractivity contribution in [2.24, 2.45) is 0 Å². The Bertz CT molecular complexity index is 649. The van der Waals surface area contributed by atoms with Crippen molar-refractivity contribution in [3.63, 3.8) is 0 Å². The van der Waals surface area contributed by atoms with E-state index in [-0.39, 0.29) is 6.42 Å². The number of carboxylic acid groups (broad SMARTS) is 1. The Hall–Kier alpha value is -2.24. The van der Waals surface area contributed by atoms with Crippen LogP contribution in [0.25, 0.3) is 11.0 Å². The van der Waals surface area contributed by atoms with Crippen molar-refractivity contribution in [2.75, 3.05) is 14.2 Å². The molecule has 0 unspecified atom stereocenters. The van der Waals surface area contributed by atoms with Gasteiger partial charge in [-0.05, 0) is 6.42 Å². The van der Waals surface area contributed by atoms with Crippen molar-refractivity contribution >= 4 is 17.0 Å². The molecule has 0 saturated heterocycles. The van der Waals surface area contributed by atoms with Gasteiger partial charge in [0.15, 0.2) is 11.5 Å². The van der Waals surface area contributed by atoms with E-state index in [1.54, 1.807) is 14.2 Å². The van der Waals surface area contributed by atoms with E-state index in [2.05, 4.69) is 9.55 Å². The van der Waals surface area contributed by atoms with Gasteiger partial charge in [-0.15, -0.1) is 0 Å². The van der Waals surface area contributed by atoms with Gasteiger partial charge in [-0.3, -0.25) is 4.79 Å². The highest BCUT2D eigenvalue weighted by Gasteiger charge is 2.14. The molecule has 0 saturated carbocycles. The van der Waals surface area contributed by atoms with Gasteiger partial charge in [0.2, 0.25) is 0 Å². The molecule has 0 bridgehead atoms. The Morgan fingerprint density at radius 2 is 1.95 bits per heavy atom. The van der Waals surface area contributed by atoms with Crippen LogP contribution in [0.2, 0.25) is 0 Å². The molecular formula is C15H20N2O4. The molecular weight excluding hydrogens is 272 g/mol. The molecule has 0 fully saturated rings. The molecule has 0 spiro atoms. The molecule has 0 aliphatic carbocycles. The lowest BCUT2D eigenvalue weighted by Gasteiger charge is -2.10. The van der Waals surface area contributed by atoms with E-state index in [1.807, 2.05) is 19.1 Å². The lowest BCUT2D eigenvalue weighted by atomic mass is 10.2. The van der Waals surface area contributed by atoms with Crippen LogP contribution in [-0.2, 0) is 17.8 Å². The van der Waals surface area contributed by atoms with Crippen LogP contribution in [0, 0.1) is 0 Å². The van der Waals surface area contributed by atoms with Crippen LogP contribution in [-0.4, -0.2) is 34.8 Å². The minimum atomic E-state index is -0.781. The van der Waals surface area contributed by atoms with Gasteiger partial charge in [0.25, 0.3) is 0 Å². The maximum atomic E-state index is 10.7.